The van der Waals surface area contributed by atoms with E-state index in [-0.39, 0.29) is 12.4 Å². The van der Waals surface area contributed by atoms with E-state index in [0.29, 0.717) is 0 Å². The van der Waals surface area contributed by atoms with Gasteiger partial charge in [-0.2, -0.15) is 0 Å². The molecule has 0 aromatic heterocycles. The van der Waals surface area contributed by atoms with E-state index in [9.17, 15) is 9.59 Å². The summed E-state index contributed by atoms with van der Waals surface area (Å²) in [7, 11) is 0. The molecule has 0 radical (unpaired) electrons. The minimum atomic E-state index is -0.562. The van der Waals surface area contributed by atoms with Crippen LogP contribution in [0.3, 0.4) is 0 Å². The molecule has 14 heavy (non-hydrogen) atoms. The second-order valence-electron chi connectivity index (χ2n) is 2.48. The molecule has 0 amide bonds. The van der Waals surface area contributed by atoms with Crippen LogP contribution in [0.25, 0.3) is 0 Å². The predicted octanol–water partition coefficient (Wildman–Crippen LogP) is 2.93. The third-order valence-corrected chi connectivity index (χ3v) is 1.29. The summed E-state index contributed by atoms with van der Waals surface area (Å²) in [6, 6.07) is 0. The molecule has 0 saturated carbocycles. The van der Waals surface area contributed by atoms with Crippen LogP contribution in [0.5, 0.6) is 0 Å². The number of carbonyl (C=O) groups excluding carboxylic acids is 2. The van der Waals surface area contributed by atoms with Gasteiger partial charge in [0, 0.05) is 19.7 Å². The lowest BCUT2D eigenvalue weighted by molar-refractivity contribution is -0.156. The van der Waals surface area contributed by atoms with Crippen molar-refractivity contribution in [2.75, 3.05) is 5.88 Å². The maximum atomic E-state index is 9.81. The van der Waals surface area contributed by atoms with Crippen molar-refractivity contribution in [2.24, 2.45) is 0 Å². The summed E-state index contributed by atoms with van der Waals surface area (Å²) in [6.45, 7) is 4.54. The maximum absolute atomic E-state index is 9.81. The molecule has 0 unspecified atom stereocenters. The van der Waals surface area contributed by atoms with E-state index in [1.807, 2.05) is 0 Å². The van der Waals surface area contributed by atoms with E-state index in [1.165, 1.54) is 33.1 Å². The maximum Gasteiger partial charge on any atom is 0.310 e. The summed E-state index contributed by atoms with van der Waals surface area (Å²) >= 11 is 5.38. The Balaban J connectivity index is -0.000000163. The Bertz CT molecular complexity index is 133. The Morgan fingerprint density at radius 2 is 1.57 bits per heavy atom. The Kier molecular flexibility index (Phi) is 21.0. The second-order valence-corrected chi connectivity index (χ2v) is 2.86. The molecular weight excluding hydrogens is 227 g/mol. The fraction of sp³-hybridized carbons (Fsp3) is 0.778. The summed E-state index contributed by atoms with van der Waals surface area (Å²) in [5, 5.41) is 0. The Hall–Kier alpha value is -0.280. The standard InChI is InChI=1S/C5H11Cl.C4H6O3.ClH/c1-2-3-4-5-6;1-3(5)7-4(2)6;/h2-5H2,1H3;1-2H3;1H. The summed E-state index contributed by atoms with van der Waals surface area (Å²) in [5.41, 5.74) is 0. The van der Waals surface area contributed by atoms with Crippen molar-refractivity contribution in [1.82, 2.24) is 0 Å². The van der Waals surface area contributed by atoms with Gasteiger partial charge in [0.2, 0.25) is 0 Å². The Labute approximate surface area is 96.6 Å². The molecule has 0 bridgehead atoms. The van der Waals surface area contributed by atoms with E-state index in [1.54, 1.807) is 0 Å². The first-order valence-electron chi connectivity index (χ1n) is 4.29. The van der Waals surface area contributed by atoms with Crippen molar-refractivity contribution in [2.45, 2.75) is 40.0 Å². The molecule has 0 aromatic rings. The molecule has 0 aliphatic rings. The van der Waals surface area contributed by atoms with Crippen LogP contribution in [0.15, 0.2) is 0 Å². The zero-order valence-corrected chi connectivity index (χ0v) is 10.4. The molecule has 0 aliphatic carbocycles. The predicted molar refractivity (Wildman–Crippen MR) is 59.9 cm³/mol. The molecule has 86 valence electrons. The first-order valence-corrected chi connectivity index (χ1v) is 4.83. The van der Waals surface area contributed by atoms with Gasteiger partial charge < -0.3 is 4.74 Å². The van der Waals surface area contributed by atoms with E-state index < -0.39 is 11.9 Å². The first kappa shape index (κ1) is 19.3. The molecule has 0 N–H and O–H groups in total. The molecule has 0 rings (SSSR count). The van der Waals surface area contributed by atoms with E-state index in [2.05, 4.69) is 11.7 Å². The number of carbonyl (C=O) groups is 2. The highest BCUT2D eigenvalue weighted by Gasteiger charge is 1.93. The Morgan fingerprint density at radius 3 is 1.64 bits per heavy atom. The number of rotatable bonds is 3. The smallest absolute Gasteiger partial charge is 0.310 e. The summed E-state index contributed by atoms with van der Waals surface area (Å²) in [6.07, 6.45) is 3.73. The quantitative estimate of drug-likeness (QED) is 0.332. The van der Waals surface area contributed by atoms with Gasteiger partial charge in [0.25, 0.3) is 0 Å². The molecular formula is C9H18Cl2O3. The molecule has 3 nitrogen and oxygen atoms in total. The van der Waals surface area contributed by atoms with Crippen molar-refractivity contribution in [3.8, 4) is 0 Å². The van der Waals surface area contributed by atoms with Gasteiger partial charge in [-0.15, -0.1) is 24.0 Å². The normalized spacial score (nSPS) is 7.71. The first-order chi connectivity index (χ1) is 6.04. The number of ether oxygens (including phenoxy) is 1. The van der Waals surface area contributed by atoms with Gasteiger partial charge in [0.1, 0.15) is 0 Å². The summed E-state index contributed by atoms with van der Waals surface area (Å²) < 4.78 is 3.97. The summed E-state index contributed by atoms with van der Waals surface area (Å²) in [5.74, 6) is -0.298. The summed E-state index contributed by atoms with van der Waals surface area (Å²) in [4.78, 5) is 19.6. The van der Waals surface area contributed by atoms with Crippen LogP contribution in [0.2, 0.25) is 0 Å². The topological polar surface area (TPSA) is 43.4 Å². The lowest BCUT2D eigenvalue weighted by atomic mass is 10.3. The fourth-order valence-corrected chi connectivity index (χ4v) is 0.736. The van der Waals surface area contributed by atoms with Crippen LogP contribution in [-0.2, 0) is 14.3 Å². The third kappa shape index (κ3) is 29.8. The third-order valence-electron chi connectivity index (χ3n) is 1.02. The molecule has 0 aliphatic heterocycles. The van der Waals surface area contributed by atoms with Crippen LogP contribution in [0.4, 0.5) is 0 Å². The average Bonchev–Trinajstić information content (AvgIpc) is 1.99. The highest BCUT2D eigenvalue weighted by atomic mass is 35.5. The van der Waals surface area contributed by atoms with Gasteiger partial charge in [-0.25, -0.2) is 0 Å². The average molecular weight is 245 g/mol. The van der Waals surface area contributed by atoms with E-state index in [0.717, 1.165) is 5.88 Å². The van der Waals surface area contributed by atoms with Crippen molar-refractivity contribution in [1.29, 1.82) is 0 Å². The van der Waals surface area contributed by atoms with Gasteiger partial charge in [0.05, 0.1) is 0 Å². The zero-order valence-electron chi connectivity index (χ0n) is 8.84. The lowest BCUT2D eigenvalue weighted by Crippen LogP contribution is -2.03. The molecule has 0 saturated heterocycles. The Morgan fingerprint density at radius 1 is 1.14 bits per heavy atom. The molecule has 0 atom stereocenters. The van der Waals surface area contributed by atoms with Crippen LogP contribution in [0, 0.1) is 0 Å². The number of unbranched alkanes of at least 4 members (excludes halogenated alkanes) is 2. The highest BCUT2D eigenvalue weighted by Crippen LogP contribution is 1.93. The zero-order chi connectivity index (χ0) is 10.7. The van der Waals surface area contributed by atoms with E-state index >= 15 is 0 Å². The van der Waals surface area contributed by atoms with E-state index in [4.69, 9.17) is 11.6 Å². The number of hydrogen-bond donors (Lipinski definition) is 0. The minimum absolute atomic E-state index is 0. The molecule has 0 heterocycles. The van der Waals surface area contributed by atoms with Crippen molar-refractivity contribution >= 4 is 35.9 Å². The fourth-order valence-electron chi connectivity index (χ4n) is 0.547. The highest BCUT2D eigenvalue weighted by molar-refractivity contribution is 6.17. The molecule has 0 fully saturated rings. The van der Waals surface area contributed by atoms with Crippen LogP contribution in [0.1, 0.15) is 40.0 Å². The number of halogens is 2. The minimum Gasteiger partial charge on any atom is -0.394 e. The van der Waals surface area contributed by atoms with Gasteiger partial charge in [-0.3, -0.25) is 9.59 Å². The molecule has 5 heteroatoms. The number of alkyl halides is 1. The SMILES string of the molecule is CC(=O)OC(C)=O.CCCCCCl.Cl. The van der Waals surface area contributed by atoms with Crippen molar-refractivity contribution < 1.29 is 14.3 Å². The van der Waals surface area contributed by atoms with Gasteiger partial charge in [0.15, 0.2) is 0 Å². The monoisotopic (exact) mass is 244 g/mol. The molecule has 0 aromatic carbocycles. The van der Waals surface area contributed by atoms with Gasteiger partial charge >= 0.3 is 11.9 Å². The molecule has 0 spiro atoms. The van der Waals surface area contributed by atoms with Gasteiger partial charge in [-0.1, -0.05) is 19.8 Å². The van der Waals surface area contributed by atoms with Crippen LogP contribution >= 0.6 is 24.0 Å². The second kappa shape index (κ2) is 15.2. The van der Waals surface area contributed by atoms with Crippen LogP contribution < -0.4 is 0 Å². The van der Waals surface area contributed by atoms with Crippen molar-refractivity contribution in [3.63, 3.8) is 0 Å². The lowest BCUT2D eigenvalue weighted by Gasteiger charge is -1.87. The van der Waals surface area contributed by atoms with Crippen LogP contribution in [-0.4, -0.2) is 17.8 Å². The van der Waals surface area contributed by atoms with Crippen molar-refractivity contribution in [3.05, 3.63) is 0 Å². The number of hydrogen-bond acceptors (Lipinski definition) is 3. The largest absolute Gasteiger partial charge is 0.394 e. The van der Waals surface area contributed by atoms with Gasteiger partial charge in [-0.05, 0) is 6.42 Å². The number of esters is 2.